The number of carbonyl (C=O) groups is 1. The van der Waals surface area contributed by atoms with Crippen molar-refractivity contribution in [2.45, 2.75) is 25.3 Å². The first-order valence-electron chi connectivity index (χ1n) is 8.35. The van der Waals surface area contributed by atoms with E-state index in [2.05, 4.69) is 36.1 Å². The molecule has 2 aliphatic heterocycles. The molecule has 7 nitrogen and oxygen atoms in total. The number of nitrogens with two attached hydrogens (primary N) is 1. The predicted molar refractivity (Wildman–Crippen MR) is 98.4 cm³/mol. The molecule has 0 bridgehead atoms. The highest BCUT2D eigenvalue weighted by molar-refractivity contribution is 9.10. The Bertz CT molecular complexity index is 771. The van der Waals surface area contributed by atoms with Gasteiger partial charge in [-0.05, 0) is 35.2 Å². The molecule has 2 aromatic rings. The summed E-state index contributed by atoms with van der Waals surface area (Å²) in [5.41, 5.74) is 8.75. The van der Waals surface area contributed by atoms with Gasteiger partial charge in [0.05, 0.1) is 21.2 Å². The van der Waals surface area contributed by atoms with E-state index in [-0.39, 0.29) is 12.1 Å². The Hall–Kier alpha value is -1.80. The first-order chi connectivity index (χ1) is 11.6. The van der Waals surface area contributed by atoms with E-state index < -0.39 is 0 Å². The van der Waals surface area contributed by atoms with Crippen molar-refractivity contribution < 1.29 is 4.79 Å². The molecule has 4 N–H and O–H groups in total. The van der Waals surface area contributed by atoms with E-state index in [4.69, 9.17) is 5.73 Å². The zero-order chi connectivity index (χ0) is 16.7. The molecule has 0 spiro atoms. The van der Waals surface area contributed by atoms with Crippen LogP contribution in [0.5, 0.6) is 0 Å². The lowest BCUT2D eigenvalue weighted by Crippen LogP contribution is -2.44. The van der Waals surface area contributed by atoms with Gasteiger partial charge in [0, 0.05) is 44.6 Å². The van der Waals surface area contributed by atoms with Crippen LogP contribution in [-0.4, -0.2) is 53.1 Å². The number of carbonyl (C=O) groups excluding carboxylic acids is 1. The van der Waals surface area contributed by atoms with Gasteiger partial charge in [0.15, 0.2) is 0 Å². The van der Waals surface area contributed by atoms with Crippen LogP contribution in [0.2, 0.25) is 0 Å². The van der Waals surface area contributed by atoms with Crippen LogP contribution in [0.1, 0.15) is 19.3 Å². The summed E-state index contributed by atoms with van der Waals surface area (Å²) >= 11 is 3.63. The van der Waals surface area contributed by atoms with E-state index in [1.54, 1.807) is 11.1 Å². The summed E-state index contributed by atoms with van der Waals surface area (Å²) in [5.74, 6) is 0. The number of aromatic nitrogens is 2. The molecule has 2 aliphatic rings. The predicted octanol–water partition coefficient (Wildman–Crippen LogP) is 2.49. The maximum Gasteiger partial charge on any atom is 0.321 e. The van der Waals surface area contributed by atoms with E-state index in [9.17, 15) is 4.79 Å². The number of anilines is 2. The minimum absolute atomic E-state index is 0.0524. The highest BCUT2D eigenvalue weighted by Gasteiger charge is 2.25. The van der Waals surface area contributed by atoms with Crippen molar-refractivity contribution in [2.75, 3.05) is 36.4 Å². The van der Waals surface area contributed by atoms with Gasteiger partial charge in [0.2, 0.25) is 0 Å². The lowest BCUT2D eigenvalue weighted by Gasteiger charge is -2.34. The molecule has 2 amide bonds. The Morgan fingerprint density at radius 2 is 2.21 bits per heavy atom. The van der Waals surface area contributed by atoms with Gasteiger partial charge in [-0.3, -0.25) is 0 Å². The summed E-state index contributed by atoms with van der Waals surface area (Å²) in [6.07, 6.45) is 6.81. The number of likely N-dealkylation sites (tertiary alicyclic amines) is 1. The van der Waals surface area contributed by atoms with Gasteiger partial charge in [0.1, 0.15) is 5.65 Å². The second kappa shape index (κ2) is 6.25. The Morgan fingerprint density at radius 3 is 2.92 bits per heavy atom. The van der Waals surface area contributed by atoms with Crippen LogP contribution in [0.25, 0.3) is 11.0 Å². The third-order valence-corrected chi connectivity index (χ3v) is 5.37. The highest BCUT2D eigenvalue weighted by atomic mass is 79.9. The molecule has 0 saturated carbocycles. The van der Waals surface area contributed by atoms with Gasteiger partial charge >= 0.3 is 6.03 Å². The SMILES string of the molecule is NC1CCCN(c2c(Br)cnc3[nH]cc(NC(=O)N4CCC4)c23)C1. The normalized spacial score (nSPS) is 21.0. The number of hydrogen-bond acceptors (Lipinski definition) is 4. The first kappa shape index (κ1) is 15.7. The smallest absolute Gasteiger partial charge is 0.321 e. The van der Waals surface area contributed by atoms with Crippen LogP contribution in [0.3, 0.4) is 0 Å². The van der Waals surface area contributed by atoms with Gasteiger partial charge in [-0.25, -0.2) is 9.78 Å². The summed E-state index contributed by atoms with van der Waals surface area (Å²) in [5, 5.41) is 3.96. The summed E-state index contributed by atoms with van der Waals surface area (Å²) in [7, 11) is 0. The molecule has 4 rings (SSSR count). The molecule has 1 atom stereocenters. The second-order valence-electron chi connectivity index (χ2n) is 6.50. The molecule has 24 heavy (non-hydrogen) atoms. The number of hydrogen-bond donors (Lipinski definition) is 3. The minimum Gasteiger partial charge on any atom is -0.368 e. The molecule has 2 aromatic heterocycles. The second-order valence-corrected chi connectivity index (χ2v) is 7.35. The third-order valence-electron chi connectivity index (χ3n) is 4.79. The van der Waals surface area contributed by atoms with Crippen LogP contribution in [-0.2, 0) is 0 Å². The maximum absolute atomic E-state index is 12.3. The van der Waals surface area contributed by atoms with Crippen molar-refractivity contribution in [1.82, 2.24) is 14.9 Å². The number of aromatic amines is 1. The number of pyridine rings is 1. The number of nitrogens with one attached hydrogen (secondary N) is 2. The van der Waals surface area contributed by atoms with Gasteiger partial charge in [0.25, 0.3) is 0 Å². The van der Waals surface area contributed by atoms with E-state index in [1.165, 1.54) is 0 Å². The Labute approximate surface area is 148 Å². The van der Waals surface area contributed by atoms with E-state index in [0.717, 1.165) is 72.3 Å². The molecular formula is C16H21BrN6O. The monoisotopic (exact) mass is 392 g/mol. The lowest BCUT2D eigenvalue weighted by molar-refractivity contribution is 0.181. The molecule has 128 valence electrons. The average molecular weight is 393 g/mol. The largest absolute Gasteiger partial charge is 0.368 e. The van der Waals surface area contributed by atoms with E-state index >= 15 is 0 Å². The average Bonchev–Trinajstić information content (AvgIpc) is 2.88. The Balaban J connectivity index is 1.72. The molecule has 0 aromatic carbocycles. The molecule has 4 heterocycles. The van der Waals surface area contributed by atoms with E-state index in [0.29, 0.717) is 0 Å². The standard InChI is InChI=1S/C16H21BrN6O/c17-11-7-19-15-13(14(11)23-4-1-3-10(18)9-23)12(8-20-15)21-16(24)22-5-2-6-22/h7-8,10H,1-6,9,18H2,(H,19,20)(H,21,24). The summed E-state index contributed by atoms with van der Waals surface area (Å²) in [4.78, 5) is 24.0. The first-order valence-corrected chi connectivity index (χ1v) is 9.15. The minimum atomic E-state index is -0.0524. The van der Waals surface area contributed by atoms with Crippen molar-refractivity contribution in [3.05, 3.63) is 16.9 Å². The number of piperidine rings is 1. The quantitative estimate of drug-likeness (QED) is 0.731. The lowest BCUT2D eigenvalue weighted by atomic mass is 10.1. The van der Waals surface area contributed by atoms with Gasteiger partial charge in [-0.15, -0.1) is 0 Å². The summed E-state index contributed by atoms with van der Waals surface area (Å²) < 4.78 is 0.920. The fraction of sp³-hybridized carbons (Fsp3) is 0.500. The third kappa shape index (κ3) is 2.73. The number of rotatable bonds is 2. The fourth-order valence-electron chi connectivity index (χ4n) is 3.39. The molecule has 2 saturated heterocycles. The molecule has 1 unspecified atom stereocenters. The van der Waals surface area contributed by atoms with Crippen molar-refractivity contribution in [3.8, 4) is 0 Å². The number of amides is 2. The maximum atomic E-state index is 12.3. The topological polar surface area (TPSA) is 90.3 Å². The van der Waals surface area contributed by atoms with Crippen LogP contribution in [0.15, 0.2) is 16.9 Å². The number of urea groups is 1. The number of nitrogens with zero attached hydrogens (tertiary/aromatic N) is 3. The van der Waals surface area contributed by atoms with Crippen molar-refractivity contribution in [3.63, 3.8) is 0 Å². The van der Waals surface area contributed by atoms with Crippen LogP contribution in [0.4, 0.5) is 16.2 Å². The van der Waals surface area contributed by atoms with Crippen LogP contribution in [0, 0.1) is 0 Å². The van der Waals surface area contributed by atoms with E-state index in [1.807, 2.05) is 6.20 Å². The summed E-state index contributed by atoms with van der Waals surface area (Å²) in [6.45, 7) is 3.41. The van der Waals surface area contributed by atoms with Gasteiger partial charge < -0.3 is 25.8 Å². The molecule has 0 aliphatic carbocycles. The summed E-state index contributed by atoms with van der Waals surface area (Å²) in [6, 6.07) is 0.121. The zero-order valence-corrected chi connectivity index (χ0v) is 15.0. The number of H-pyrrole nitrogens is 1. The van der Waals surface area contributed by atoms with Crippen molar-refractivity contribution in [1.29, 1.82) is 0 Å². The van der Waals surface area contributed by atoms with Crippen molar-refractivity contribution >= 4 is 44.4 Å². The Kier molecular flexibility index (Phi) is 4.09. The highest BCUT2D eigenvalue weighted by Crippen LogP contribution is 2.38. The molecule has 0 radical (unpaired) electrons. The Morgan fingerprint density at radius 1 is 1.38 bits per heavy atom. The van der Waals surface area contributed by atoms with Crippen molar-refractivity contribution in [2.24, 2.45) is 5.73 Å². The number of fused-ring (bicyclic) bond motifs is 1. The van der Waals surface area contributed by atoms with Crippen LogP contribution >= 0.6 is 15.9 Å². The molecular weight excluding hydrogens is 372 g/mol. The van der Waals surface area contributed by atoms with Gasteiger partial charge in [-0.1, -0.05) is 0 Å². The fourth-order valence-corrected chi connectivity index (χ4v) is 3.94. The van der Waals surface area contributed by atoms with Crippen LogP contribution < -0.4 is 16.0 Å². The molecule has 8 heteroatoms. The zero-order valence-electron chi connectivity index (χ0n) is 13.4. The van der Waals surface area contributed by atoms with Gasteiger partial charge in [-0.2, -0.15) is 0 Å². The number of halogens is 1. The molecule has 2 fully saturated rings.